The Bertz CT molecular complexity index is 869. The second kappa shape index (κ2) is 8.91. The van der Waals surface area contributed by atoms with Crippen LogP contribution >= 0.6 is 11.6 Å². The number of benzene rings is 1. The number of nitrogens with one attached hydrogen (secondary N) is 1. The Morgan fingerprint density at radius 2 is 2.00 bits per heavy atom. The maximum Gasteiger partial charge on any atom is 0.405 e. The second-order valence-corrected chi connectivity index (χ2v) is 8.09. The van der Waals surface area contributed by atoms with E-state index in [2.05, 4.69) is 5.32 Å². The molecule has 0 aromatic heterocycles. The SMILES string of the molecule is CC(C1CCN(C(=O)[C@H](C)OC(N)=O)CC1)N(C=O)c1cc2c(cc1Cl)NC(=O)C2. The number of halogens is 1. The maximum absolute atomic E-state index is 12.4. The van der Waals surface area contributed by atoms with E-state index in [-0.39, 0.29) is 30.2 Å². The Labute approximate surface area is 179 Å². The number of amides is 4. The van der Waals surface area contributed by atoms with Crippen LogP contribution in [0.4, 0.5) is 16.2 Å². The van der Waals surface area contributed by atoms with Crippen LogP contribution in [0.3, 0.4) is 0 Å². The lowest BCUT2D eigenvalue weighted by Gasteiger charge is -2.39. The summed E-state index contributed by atoms with van der Waals surface area (Å²) in [7, 11) is 0. The third-order valence-electron chi connectivity index (χ3n) is 5.80. The van der Waals surface area contributed by atoms with Crippen LogP contribution in [0, 0.1) is 5.92 Å². The molecule has 0 aliphatic carbocycles. The lowest BCUT2D eigenvalue weighted by atomic mass is 9.89. The van der Waals surface area contributed by atoms with Crippen LogP contribution in [-0.4, -0.2) is 54.5 Å². The van der Waals surface area contributed by atoms with Crippen molar-refractivity contribution >= 4 is 47.3 Å². The number of ether oxygens (including phenoxy) is 1. The van der Waals surface area contributed by atoms with Gasteiger partial charge in [-0.05, 0) is 50.3 Å². The molecule has 3 rings (SSSR count). The molecule has 3 N–H and O–H groups in total. The monoisotopic (exact) mass is 436 g/mol. The molecule has 0 spiro atoms. The molecule has 9 nitrogen and oxygen atoms in total. The van der Waals surface area contributed by atoms with Crippen LogP contribution < -0.4 is 16.0 Å². The Balaban J connectivity index is 1.67. The zero-order chi connectivity index (χ0) is 22.0. The summed E-state index contributed by atoms with van der Waals surface area (Å²) in [6.45, 7) is 4.42. The van der Waals surface area contributed by atoms with Crippen molar-refractivity contribution in [2.45, 2.75) is 45.3 Å². The molecule has 0 saturated carbocycles. The molecule has 0 bridgehead atoms. The van der Waals surface area contributed by atoms with Crippen LogP contribution in [0.25, 0.3) is 0 Å². The van der Waals surface area contributed by atoms with Crippen molar-refractivity contribution in [3.05, 3.63) is 22.7 Å². The van der Waals surface area contributed by atoms with E-state index in [1.54, 1.807) is 21.9 Å². The highest BCUT2D eigenvalue weighted by atomic mass is 35.5. The topological polar surface area (TPSA) is 122 Å². The number of fused-ring (bicyclic) bond motifs is 1. The first kappa shape index (κ1) is 21.9. The molecular weight excluding hydrogens is 412 g/mol. The summed E-state index contributed by atoms with van der Waals surface area (Å²) in [6, 6.07) is 3.30. The van der Waals surface area contributed by atoms with Crippen molar-refractivity contribution in [2.75, 3.05) is 23.3 Å². The predicted molar refractivity (Wildman–Crippen MR) is 111 cm³/mol. The Morgan fingerprint density at radius 1 is 1.33 bits per heavy atom. The van der Waals surface area contributed by atoms with Gasteiger partial charge in [0.25, 0.3) is 5.91 Å². The second-order valence-electron chi connectivity index (χ2n) is 7.68. The van der Waals surface area contributed by atoms with Gasteiger partial charge in [-0.1, -0.05) is 11.6 Å². The first-order chi connectivity index (χ1) is 14.2. The third kappa shape index (κ3) is 4.51. The van der Waals surface area contributed by atoms with Crippen LogP contribution in [0.15, 0.2) is 12.1 Å². The number of primary amides is 1. The average molecular weight is 437 g/mol. The van der Waals surface area contributed by atoms with E-state index < -0.39 is 12.2 Å². The van der Waals surface area contributed by atoms with Gasteiger partial charge in [0, 0.05) is 24.8 Å². The summed E-state index contributed by atoms with van der Waals surface area (Å²) in [6.07, 6.45) is 0.468. The molecular formula is C20H25ClN4O5. The van der Waals surface area contributed by atoms with Gasteiger partial charge in [-0.3, -0.25) is 14.4 Å². The normalized spacial score (nSPS) is 18.2. The predicted octanol–water partition coefficient (Wildman–Crippen LogP) is 1.91. The van der Waals surface area contributed by atoms with Crippen molar-refractivity contribution in [1.29, 1.82) is 0 Å². The van der Waals surface area contributed by atoms with Crippen molar-refractivity contribution in [1.82, 2.24) is 4.90 Å². The van der Waals surface area contributed by atoms with Crippen LogP contribution in [0.2, 0.25) is 5.02 Å². The third-order valence-corrected chi connectivity index (χ3v) is 6.11. The first-order valence-corrected chi connectivity index (χ1v) is 10.2. The van der Waals surface area contributed by atoms with Gasteiger partial charge in [-0.2, -0.15) is 0 Å². The number of rotatable bonds is 6. The highest BCUT2D eigenvalue weighted by molar-refractivity contribution is 6.34. The molecule has 1 fully saturated rings. The minimum atomic E-state index is -0.982. The minimum Gasteiger partial charge on any atom is -0.437 e. The maximum atomic E-state index is 12.4. The number of hydrogen-bond acceptors (Lipinski definition) is 5. The van der Waals surface area contributed by atoms with E-state index in [4.69, 9.17) is 22.1 Å². The van der Waals surface area contributed by atoms with Gasteiger partial charge >= 0.3 is 6.09 Å². The van der Waals surface area contributed by atoms with E-state index in [0.717, 1.165) is 12.0 Å². The number of hydrogen-bond donors (Lipinski definition) is 2. The molecule has 2 aliphatic rings. The van der Waals surface area contributed by atoms with E-state index in [1.165, 1.54) is 6.92 Å². The minimum absolute atomic E-state index is 0.101. The van der Waals surface area contributed by atoms with Gasteiger partial charge in [0.05, 0.1) is 17.1 Å². The molecule has 2 atom stereocenters. The summed E-state index contributed by atoms with van der Waals surface area (Å²) in [5.41, 5.74) is 7.02. The highest BCUT2D eigenvalue weighted by Gasteiger charge is 2.33. The number of likely N-dealkylation sites (tertiary alicyclic amines) is 1. The van der Waals surface area contributed by atoms with Crippen LogP contribution in [0.1, 0.15) is 32.3 Å². The summed E-state index contributed by atoms with van der Waals surface area (Å²) < 4.78 is 4.76. The number of piperidine rings is 1. The van der Waals surface area contributed by atoms with E-state index in [1.807, 2.05) is 6.92 Å². The van der Waals surface area contributed by atoms with Gasteiger partial charge in [-0.15, -0.1) is 0 Å². The van der Waals surface area contributed by atoms with Gasteiger partial charge in [-0.25, -0.2) is 4.79 Å². The van der Waals surface area contributed by atoms with Gasteiger partial charge in [0.15, 0.2) is 6.10 Å². The Kier molecular flexibility index (Phi) is 6.50. The van der Waals surface area contributed by atoms with E-state index in [9.17, 15) is 19.2 Å². The van der Waals surface area contributed by atoms with Gasteiger partial charge in [0.2, 0.25) is 12.3 Å². The lowest BCUT2D eigenvalue weighted by molar-refractivity contribution is -0.140. The Morgan fingerprint density at radius 3 is 2.60 bits per heavy atom. The average Bonchev–Trinajstić information content (AvgIpc) is 3.06. The standard InChI is InChI=1S/C20H25ClN4O5/c1-11(13-3-5-24(6-4-13)19(28)12(2)30-20(22)29)25(10-26)17-7-14-8-18(27)23-16(14)9-15(17)21/h7,9-13H,3-6,8H2,1-2H3,(H2,22,29)(H,23,27)/t11?,12-/m0/s1. The molecule has 1 aromatic rings. The number of nitrogens with zero attached hydrogens (tertiary/aromatic N) is 2. The highest BCUT2D eigenvalue weighted by Crippen LogP contribution is 2.37. The molecule has 2 aliphatic heterocycles. The van der Waals surface area contributed by atoms with Gasteiger partial charge in [0.1, 0.15) is 0 Å². The molecule has 1 aromatic carbocycles. The smallest absolute Gasteiger partial charge is 0.405 e. The molecule has 2 heterocycles. The molecule has 1 unspecified atom stereocenters. The molecule has 30 heavy (non-hydrogen) atoms. The van der Waals surface area contributed by atoms with Gasteiger partial charge < -0.3 is 25.6 Å². The number of nitrogens with two attached hydrogens (primary N) is 1. The quantitative estimate of drug-likeness (QED) is 0.659. The summed E-state index contributed by atoms with van der Waals surface area (Å²) in [5.74, 6) is -0.239. The largest absolute Gasteiger partial charge is 0.437 e. The number of carbonyl (C=O) groups is 4. The number of anilines is 2. The fraction of sp³-hybridized carbons (Fsp3) is 0.500. The fourth-order valence-corrected chi connectivity index (χ4v) is 4.38. The first-order valence-electron chi connectivity index (χ1n) is 9.82. The Hall–Kier alpha value is -2.81. The van der Waals surface area contributed by atoms with Crippen molar-refractivity contribution in [3.63, 3.8) is 0 Å². The summed E-state index contributed by atoms with van der Waals surface area (Å²) in [5, 5.41) is 3.13. The van der Waals surface area contributed by atoms with Crippen LogP contribution in [-0.2, 0) is 25.5 Å². The van der Waals surface area contributed by atoms with Crippen molar-refractivity contribution in [3.8, 4) is 0 Å². The van der Waals surface area contributed by atoms with Crippen molar-refractivity contribution in [2.24, 2.45) is 11.7 Å². The molecule has 1 saturated heterocycles. The van der Waals surface area contributed by atoms with E-state index in [0.29, 0.717) is 42.3 Å². The molecule has 10 heteroatoms. The summed E-state index contributed by atoms with van der Waals surface area (Å²) in [4.78, 5) is 50.0. The van der Waals surface area contributed by atoms with Crippen LogP contribution in [0.5, 0.6) is 0 Å². The summed E-state index contributed by atoms with van der Waals surface area (Å²) >= 11 is 6.40. The zero-order valence-electron chi connectivity index (χ0n) is 16.9. The lowest BCUT2D eigenvalue weighted by Crippen LogP contribution is -2.48. The zero-order valence-corrected chi connectivity index (χ0v) is 17.6. The molecule has 162 valence electrons. The van der Waals surface area contributed by atoms with E-state index >= 15 is 0 Å². The molecule has 0 radical (unpaired) electrons. The molecule has 4 amide bonds. The fourth-order valence-electron chi connectivity index (χ4n) is 4.12. The number of carbonyl (C=O) groups excluding carboxylic acids is 4. The van der Waals surface area contributed by atoms with Crippen molar-refractivity contribution < 1.29 is 23.9 Å².